The molecule has 1 fully saturated rings. The number of carbonyl (C=O) groups excluding carboxylic acids is 3. The van der Waals surface area contributed by atoms with Crippen molar-refractivity contribution in [2.24, 2.45) is 0 Å². The predicted octanol–water partition coefficient (Wildman–Crippen LogP) is -1.30. The molecule has 0 spiro atoms. The van der Waals surface area contributed by atoms with Crippen LogP contribution < -0.4 is 0 Å². The minimum absolute atomic E-state index is 0.0514. The van der Waals surface area contributed by atoms with Crippen molar-refractivity contribution < 1.29 is 14.4 Å². The van der Waals surface area contributed by atoms with Gasteiger partial charge >= 0.3 is 0 Å². The van der Waals surface area contributed by atoms with E-state index in [1.807, 2.05) is 19.0 Å². The van der Waals surface area contributed by atoms with Crippen LogP contribution in [0.4, 0.5) is 0 Å². The van der Waals surface area contributed by atoms with E-state index in [-0.39, 0.29) is 18.4 Å². The van der Waals surface area contributed by atoms with E-state index in [0.29, 0.717) is 32.7 Å². The molecule has 0 aromatic rings. The Balaban J connectivity index is 2.45. The molecule has 1 aliphatic rings. The molecule has 7 nitrogen and oxygen atoms in total. The maximum absolute atomic E-state index is 12.2. The monoisotopic (exact) mass is 284 g/mol. The highest BCUT2D eigenvalue weighted by Gasteiger charge is 2.22. The third kappa shape index (κ3) is 5.16. The Morgan fingerprint density at radius 1 is 1.10 bits per heavy atom. The number of rotatable bonds is 6. The van der Waals surface area contributed by atoms with E-state index >= 15 is 0 Å². The number of hydrogen-bond acceptors (Lipinski definition) is 4. The van der Waals surface area contributed by atoms with Gasteiger partial charge in [-0.25, -0.2) is 0 Å². The second-order valence-electron chi connectivity index (χ2n) is 5.27. The first kappa shape index (κ1) is 16.4. The van der Waals surface area contributed by atoms with Crippen molar-refractivity contribution in [1.82, 2.24) is 19.6 Å². The van der Waals surface area contributed by atoms with Gasteiger partial charge in [0.2, 0.25) is 18.2 Å². The SMILES string of the molecule is CC(=O)N(CCN(C)C)CC(=O)N1CCN(C=O)CC1. The van der Waals surface area contributed by atoms with Gasteiger partial charge in [-0.2, -0.15) is 0 Å². The molecule has 7 heteroatoms. The number of carbonyl (C=O) groups is 3. The zero-order valence-corrected chi connectivity index (χ0v) is 12.5. The van der Waals surface area contributed by atoms with Crippen LogP contribution in [0.3, 0.4) is 0 Å². The minimum atomic E-state index is -0.0910. The highest BCUT2D eigenvalue weighted by Crippen LogP contribution is 2.02. The van der Waals surface area contributed by atoms with Crippen molar-refractivity contribution >= 4 is 18.2 Å². The molecule has 114 valence electrons. The lowest BCUT2D eigenvalue weighted by Gasteiger charge is -2.34. The van der Waals surface area contributed by atoms with Gasteiger partial charge < -0.3 is 19.6 Å². The third-order valence-electron chi connectivity index (χ3n) is 3.40. The lowest BCUT2D eigenvalue weighted by molar-refractivity contribution is -0.141. The molecule has 0 aromatic heterocycles. The van der Waals surface area contributed by atoms with Crippen LogP contribution in [0.25, 0.3) is 0 Å². The van der Waals surface area contributed by atoms with Gasteiger partial charge in [0, 0.05) is 46.2 Å². The summed E-state index contributed by atoms with van der Waals surface area (Å²) in [5, 5.41) is 0. The molecule has 1 saturated heterocycles. The van der Waals surface area contributed by atoms with E-state index in [4.69, 9.17) is 0 Å². The van der Waals surface area contributed by atoms with E-state index in [1.165, 1.54) is 6.92 Å². The number of likely N-dealkylation sites (N-methyl/N-ethyl adjacent to an activating group) is 1. The molecule has 20 heavy (non-hydrogen) atoms. The van der Waals surface area contributed by atoms with Crippen molar-refractivity contribution in [3.63, 3.8) is 0 Å². The van der Waals surface area contributed by atoms with Crippen LogP contribution in [0.1, 0.15) is 6.92 Å². The standard InChI is InChI=1S/C13H24N4O3/c1-12(19)17(7-4-14(2)3)10-13(20)16-8-5-15(11-18)6-9-16/h11H,4-10H2,1-3H3. The topological polar surface area (TPSA) is 64.2 Å². The van der Waals surface area contributed by atoms with Crippen LogP contribution in [0.2, 0.25) is 0 Å². The van der Waals surface area contributed by atoms with Crippen LogP contribution in [0.5, 0.6) is 0 Å². The van der Waals surface area contributed by atoms with Crippen molar-refractivity contribution in [1.29, 1.82) is 0 Å². The average molecular weight is 284 g/mol. The summed E-state index contributed by atoms with van der Waals surface area (Å²) in [6.07, 6.45) is 0.806. The van der Waals surface area contributed by atoms with Gasteiger partial charge in [-0.3, -0.25) is 14.4 Å². The largest absolute Gasteiger partial charge is 0.342 e. The second-order valence-corrected chi connectivity index (χ2v) is 5.27. The van der Waals surface area contributed by atoms with Crippen molar-refractivity contribution in [3.8, 4) is 0 Å². The molecule has 0 atom stereocenters. The predicted molar refractivity (Wildman–Crippen MR) is 75.0 cm³/mol. The number of nitrogens with zero attached hydrogens (tertiary/aromatic N) is 4. The first-order valence-corrected chi connectivity index (χ1v) is 6.81. The quantitative estimate of drug-likeness (QED) is 0.569. The lowest BCUT2D eigenvalue weighted by atomic mass is 10.3. The summed E-state index contributed by atoms with van der Waals surface area (Å²) in [6, 6.07) is 0. The van der Waals surface area contributed by atoms with Crippen LogP contribution in [0.15, 0.2) is 0 Å². The molecule has 1 aliphatic heterocycles. The molecule has 1 rings (SSSR count). The number of amides is 3. The van der Waals surface area contributed by atoms with Gasteiger partial charge in [-0.05, 0) is 14.1 Å². The first-order valence-electron chi connectivity index (χ1n) is 6.81. The maximum atomic E-state index is 12.2. The van der Waals surface area contributed by atoms with Crippen molar-refractivity contribution in [3.05, 3.63) is 0 Å². The Morgan fingerprint density at radius 2 is 1.70 bits per heavy atom. The average Bonchev–Trinajstić information content (AvgIpc) is 2.42. The molecular formula is C13H24N4O3. The first-order chi connectivity index (χ1) is 9.43. The Labute approximate surface area is 120 Å². The van der Waals surface area contributed by atoms with E-state index in [1.54, 1.807) is 14.7 Å². The highest BCUT2D eigenvalue weighted by molar-refractivity contribution is 5.84. The van der Waals surface area contributed by atoms with E-state index in [2.05, 4.69) is 0 Å². The molecule has 0 aromatic carbocycles. The molecule has 0 bridgehead atoms. The summed E-state index contributed by atoms with van der Waals surface area (Å²) in [5.74, 6) is -0.142. The second kappa shape index (κ2) is 7.84. The molecule has 0 unspecified atom stereocenters. The Bertz CT molecular complexity index is 352. The summed E-state index contributed by atoms with van der Waals surface area (Å²) in [4.78, 5) is 41.2. The summed E-state index contributed by atoms with van der Waals surface area (Å²) < 4.78 is 0. The zero-order valence-electron chi connectivity index (χ0n) is 12.5. The van der Waals surface area contributed by atoms with Gasteiger partial charge in [0.05, 0.1) is 6.54 Å². The molecule has 3 amide bonds. The molecule has 0 N–H and O–H groups in total. The fraction of sp³-hybridized carbons (Fsp3) is 0.769. The molecule has 0 radical (unpaired) electrons. The van der Waals surface area contributed by atoms with Crippen LogP contribution in [0, 0.1) is 0 Å². The van der Waals surface area contributed by atoms with Crippen LogP contribution >= 0.6 is 0 Å². The van der Waals surface area contributed by atoms with Crippen molar-refractivity contribution in [2.45, 2.75) is 6.92 Å². The van der Waals surface area contributed by atoms with E-state index < -0.39 is 0 Å². The van der Waals surface area contributed by atoms with Gasteiger partial charge in [-0.15, -0.1) is 0 Å². The summed E-state index contributed by atoms with van der Waals surface area (Å²) >= 11 is 0. The number of piperazine rings is 1. The van der Waals surface area contributed by atoms with E-state index in [0.717, 1.165) is 13.0 Å². The third-order valence-corrected chi connectivity index (χ3v) is 3.40. The van der Waals surface area contributed by atoms with Gasteiger partial charge in [0.25, 0.3) is 0 Å². The Morgan fingerprint density at radius 3 is 2.15 bits per heavy atom. The van der Waals surface area contributed by atoms with Gasteiger partial charge in [0.1, 0.15) is 0 Å². The Hall–Kier alpha value is -1.63. The number of hydrogen-bond donors (Lipinski definition) is 0. The van der Waals surface area contributed by atoms with Crippen molar-refractivity contribution in [2.75, 3.05) is 59.9 Å². The molecule has 0 saturated carbocycles. The summed E-state index contributed by atoms with van der Waals surface area (Å²) in [6.45, 7) is 5.07. The molecule has 0 aliphatic carbocycles. The Kier molecular flexibility index (Phi) is 6.44. The molecule has 1 heterocycles. The zero-order chi connectivity index (χ0) is 15.1. The minimum Gasteiger partial charge on any atom is -0.342 e. The summed E-state index contributed by atoms with van der Waals surface area (Å²) in [5.41, 5.74) is 0. The van der Waals surface area contributed by atoms with Crippen LogP contribution in [-0.4, -0.2) is 97.7 Å². The fourth-order valence-corrected chi connectivity index (χ4v) is 2.01. The fourth-order valence-electron chi connectivity index (χ4n) is 2.01. The lowest BCUT2D eigenvalue weighted by Crippen LogP contribution is -2.51. The summed E-state index contributed by atoms with van der Waals surface area (Å²) in [7, 11) is 3.86. The van der Waals surface area contributed by atoms with E-state index in [9.17, 15) is 14.4 Å². The normalized spacial score (nSPS) is 15.4. The van der Waals surface area contributed by atoms with Gasteiger partial charge in [-0.1, -0.05) is 0 Å². The highest BCUT2D eigenvalue weighted by atomic mass is 16.2. The molecular weight excluding hydrogens is 260 g/mol. The van der Waals surface area contributed by atoms with Crippen LogP contribution in [-0.2, 0) is 14.4 Å². The smallest absolute Gasteiger partial charge is 0.242 e. The maximum Gasteiger partial charge on any atom is 0.242 e. The van der Waals surface area contributed by atoms with Gasteiger partial charge in [0.15, 0.2) is 0 Å².